The zero-order valence-electron chi connectivity index (χ0n) is 43.1. The van der Waals surface area contributed by atoms with E-state index in [-0.39, 0.29) is 31.1 Å². The lowest BCUT2D eigenvalue weighted by molar-refractivity contribution is -0.167. The average Bonchev–Trinajstić information content (AvgIpc) is 3.29. The summed E-state index contributed by atoms with van der Waals surface area (Å²) >= 11 is 0. The number of hydrogen-bond acceptors (Lipinski definition) is 6. The van der Waals surface area contributed by atoms with Gasteiger partial charge in [0.1, 0.15) is 13.2 Å². The predicted octanol–water partition coefficient (Wildman–Crippen LogP) is 18.7. The Kier molecular flexibility index (Phi) is 51.7. The van der Waals surface area contributed by atoms with Crippen molar-refractivity contribution >= 4 is 17.9 Å². The Hall–Kier alpha value is -2.11. The first kappa shape index (κ1) is 61.9. The van der Waals surface area contributed by atoms with Gasteiger partial charge in [-0.1, -0.05) is 244 Å². The molecule has 64 heavy (non-hydrogen) atoms. The molecule has 0 heterocycles. The van der Waals surface area contributed by atoms with E-state index < -0.39 is 6.10 Å². The fourth-order valence-electron chi connectivity index (χ4n) is 8.37. The molecule has 1 unspecified atom stereocenters. The summed E-state index contributed by atoms with van der Waals surface area (Å²) in [6.07, 6.45) is 62.2. The molecule has 0 fully saturated rings. The predicted molar refractivity (Wildman–Crippen MR) is 275 cm³/mol. The normalized spacial score (nSPS) is 12.1. The van der Waals surface area contributed by atoms with Gasteiger partial charge in [0.15, 0.2) is 6.10 Å². The van der Waals surface area contributed by atoms with Crippen molar-refractivity contribution in [3.8, 4) is 0 Å². The summed E-state index contributed by atoms with van der Waals surface area (Å²) in [6.45, 7) is 6.58. The molecule has 0 saturated carbocycles. The second-order valence-corrected chi connectivity index (χ2v) is 19.2. The van der Waals surface area contributed by atoms with Crippen LogP contribution in [0.4, 0.5) is 0 Å². The van der Waals surface area contributed by atoms with Crippen LogP contribution < -0.4 is 0 Å². The lowest BCUT2D eigenvalue weighted by atomic mass is 10.0. The highest BCUT2D eigenvalue weighted by Gasteiger charge is 2.19. The van der Waals surface area contributed by atoms with Crippen molar-refractivity contribution in [1.29, 1.82) is 0 Å². The fraction of sp³-hybridized carbons (Fsp3) is 0.879. The topological polar surface area (TPSA) is 78.9 Å². The van der Waals surface area contributed by atoms with Crippen LogP contribution in [0.25, 0.3) is 0 Å². The fourth-order valence-corrected chi connectivity index (χ4v) is 8.37. The minimum Gasteiger partial charge on any atom is -0.462 e. The summed E-state index contributed by atoms with van der Waals surface area (Å²) in [5, 5.41) is 0. The van der Waals surface area contributed by atoms with E-state index in [0.717, 1.165) is 70.6 Å². The molecule has 0 aromatic carbocycles. The number of allylic oxidation sites excluding steroid dienone is 4. The first-order chi connectivity index (χ1) is 31.5. The van der Waals surface area contributed by atoms with Crippen LogP contribution in [0.2, 0.25) is 0 Å². The number of rotatable bonds is 52. The summed E-state index contributed by atoms with van der Waals surface area (Å²) < 4.78 is 16.7. The van der Waals surface area contributed by atoms with Crippen molar-refractivity contribution in [1.82, 2.24) is 0 Å². The number of carbonyl (C=O) groups is 3. The molecule has 6 nitrogen and oxygen atoms in total. The Morgan fingerprint density at radius 2 is 0.516 bits per heavy atom. The van der Waals surface area contributed by atoms with Gasteiger partial charge in [0.2, 0.25) is 0 Å². The van der Waals surface area contributed by atoms with E-state index in [1.165, 1.54) is 199 Å². The van der Waals surface area contributed by atoms with Crippen molar-refractivity contribution in [2.45, 2.75) is 316 Å². The number of ether oxygens (including phenoxy) is 3. The lowest BCUT2D eigenvalue weighted by Crippen LogP contribution is -2.30. The van der Waals surface area contributed by atoms with E-state index in [2.05, 4.69) is 45.1 Å². The molecule has 0 saturated heterocycles. The van der Waals surface area contributed by atoms with Crippen LogP contribution >= 0.6 is 0 Å². The lowest BCUT2D eigenvalue weighted by Gasteiger charge is -2.18. The molecule has 0 rings (SSSR count). The summed E-state index contributed by atoms with van der Waals surface area (Å²) in [5.41, 5.74) is 0. The highest BCUT2D eigenvalue weighted by Crippen LogP contribution is 2.16. The minimum absolute atomic E-state index is 0.0718. The quantitative estimate of drug-likeness (QED) is 0.0262. The second-order valence-electron chi connectivity index (χ2n) is 19.2. The second kappa shape index (κ2) is 53.5. The maximum Gasteiger partial charge on any atom is 0.306 e. The maximum atomic E-state index is 12.7. The van der Waals surface area contributed by atoms with E-state index in [9.17, 15) is 14.4 Å². The SMILES string of the molecule is CCCCCCCCC/C=C\CCCCCCCC(=O)OC(COC(=O)CCCCCCC)COC(=O)CCCCCCCCCCCCCCC/C=C\CCCCCCCCCC. The van der Waals surface area contributed by atoms with E-state index in [1.54, 1.807) is 0 Å². The van der Waals surface area contributed by atoms with Gasteiger partial charge in [-0.3, -0.25) is 14.4 Å². The Balaban J connectivity index is 4.03. The van der Waals surface area contributed by atoms with Gasteiger partial charge in [0.25, 0.3) is 0 Å². The molecule has 0 aliphatic carbocycles. The first-order valence-electron chi connectivity index (χ1n) is 28.3. The molecule has 1 atom stereocenters. The van der Waals surface area contributed by atoms with Gasteiger partial charge >= 0.3 is 17.9 Å². The van der Waals surface area contributed by atoms with E-state index in [4.69, 9.17) is 14.2 Å². The number of esters is 3. The summed E-state index contributed by atoms with van der Waals surface area (Å²) in [6, 6.07) is 0. The Morgan fingerprint density at radius 1 is 0.297 bits per heavy atom. The number of carbonyl (C=O) groups excluding carboxylic acids is 3. The Bertz CT molecular complexity index is 1040. The molecule has 0 aliphatic rings. The summed E-state index contributed by atoms with van der Waals surface area (Å²) in [7, 11) is 0. The molecule has 0 spiro atoms. The molecule has 376 valence electrons. The largest absolute Gasteiger partial charge is 0.462 e. The van der Waals surface area contributed by atoms with Crippen LogP contribution in [-0.4, -0.2) is 37.2 Å². The molecule has 6 heteroatoms. The molecule has 0 aromatic rings. The van der Waals surface area contributed by atoms with Gasteiger partial charge in [-0.05, 0) is 70.6 Å². The molecule has 0 aromatic heterocycles. The molecule has 0 aliphatic heterocycles. The van der Waals surface area contributed by atoms with Crippen molar-refractivity contribution in [2.75, 3.05) is 13.2 Å². The molecule has 0 N–H and O–H groups in total. The molecular weight excluding hydrogens is 793 g/mol. The van der Waals surface area contributed by atoms with Gasteiger partial charge in [-0.15, -0.1) is 0 Å². The standard InChI is InChI=1S/C58H108O6/c1-4-7-10-13-15-17-19-21-23-25-26-27-28-29-30-31-32-33-35-36-38-40-42-45-48-51-57(60)63-54-55(53-62-56(59)50-47-44-12-9-6-3)64-58(61)52-49-46-43-41-39-37-34-24-22-20-18-16-14-11-8-5-2/h24-26,34,55H,4-23,27-33,35-54H2,1-3H3/b26-25-,34-24-. The van der Waals surface area contributed by atoms with Gasteiger partial charge in [0, 0.05) is 19.3 Å². The molecule has 0 amide bonds. The maximum absolute atomic E-state index is 12.7. The average molecular weight is 901 g/mol. The molecular formula is C58H108O6. The third-order valence-corrected chi connectivity index (χ3v) is 12.7. The zero-order chi connectivity index (χ0) is 46.5. The van der Waals surface area contributed by atoms with Crippen molar-refractivity contribution in [2.24, 2.45) is 0 Å². The van der Waals surface area contributed by atoms with Crippen LogP contribution in [0.1, 0.15) is 310 Å². The van der Waals surface area contributed by atoms with E-state index >= 15 is 0 Å². The van der Waals surface area contributed by atoms with Gasteiger partial charge in [-0.2, -0.15) is 0 Å². The molecule has 0 bridgehead atoms. The van der Waals surface area contributed by atoms with Crippen molar-refractivity contribution < 1.29 is 28.6 Å². The van der Waals surface area contributed by atoms with Crippen LogP contribution in [-0.2, 0) is 28.6 Å². The smallest absolute Gasteiger partial charge is 0.306 e. The van der Waals surface area contributed by atoms with Crippen LogP contribution in [0, 0.1) is 0 Å². The van der Waals surface area contributed by atoms with Crippen LogP contribution in [0.15, 0.2) is 24.3 Å². The van der Waals surface area contributed by atoms with Crippen LogP contribution in [0.3, 0.4) is 0 Å². The van der Waals surface area contributed by atoms with Crippen molar-refractivity contribution in [3.63, 3.8) is 0 Å². The van der Waals surface area contributed by atoms with Crippen molar-refractivity contribution in [3.05, 3.63) is 24.3 Å². The number of unbranched alkanes of at least 4 members (excludes halogenated alkanes) is 37. The van der Waals surface area contributed by atoms with E-state index in [0.29, 0.717) is 19.3 Å². The third-order valence-electron chi connectivity index (χ3n) is 12.7. The molecule has 0 radical (unpaired) electrons. The van der Waals surface area contributed by atoms with Gasteiger partial charge in [-0.25, -0.2) is 0 Å². The van der Waals surface area contributed by atoms with E-state index in [1.807, 2.05) is 0 Å². The Labute approximate surface area is 398 Å². The summed E-state index contributed by atoms with van der Waals surface area (Å²) in [4.78, 5) is 37.7. The van der Waals surface area contributed by atoms with Gasteiger partial charge < -0.3 is 14.2 Å². The summed E-state index contributed by atoms with van der Waals surface area (Å²) in [5.74, 6) is -0.880. The number of hydrogen-bond donors (Lipinski definition) is 0. The monoisotopic (exact) mass is 901 g/mol. The minimum atomic E-state index is -0.769. The Morgan fingerprint density at radius 3 is 0.781 bits per heavy atom. The highest BCUT2D eigenvalue weighted by molar-refractivity contribution is 5.71. The first-order valence-corrected chi connectivity index (χ1v) is 28.3. The third kappa shape index (κ3) is 50.9. The van der Waals surface area contributed by atoms with Gasteiger partial charge in [0.05, 0.1) is 0 Å². The van der Waals surface area contributed by atoms with Crippen LogP contribution in [0.5, 0.6) is 0 Å². The highest BCUT2D eigenvalue weighted by atomic mass is 16.6. The zero-order valence-corrected chi connectivity index (χ0v) is 43.1.